The molecule has 0 fully saturated rings. The first kappa shape index (κ1) is 13.3. The van der Waals surface area contributed by atoms with Crippen LogP contribution in [0.4, 0.5) is 0 Å². The minimum atomic E-state index is -0.142. The highest BCUT2D eigenvalue weighted by Crippen LogP contribution is 2.31. The van der Waals surface area contributed by atoms with Gasteiger partial charge in [-0.25, -0.2) is 9.97 Å². The number of nitrogens with zero attached hydrogens (tertiary/aromatic N) is 2. The van der Waals surface area contributed by atoms with E-state index in [-0.39, 0.29) is 11.2 Å². The SMILES string of the molecule is CCCNC(=O)[C@H](C)Sc1ncnc2ccsc12. The van der Waals surface area contributed by atoms with Gasteiger partial charge in [-0.15, -0.1) is 11.3 Å². The Bertz CT molecular complexity index is 541. The van der Waals surface area contributed by atoms with E-state index in [2.05, 4.69) is 15.3 Å². The molecule has 96 valence electrons. The van der Waals surface area contributed by atoms with Crippen LogP contribution < -0.4 is 5.32 Å². The fraction of sp³-hybridized carbons (Fsp3) is 0.417. The van der Waals surface area contributed by atoms with Gasteiger partial charge < -0.3 is 5.32 Å². The summed E-state index contributed by atoms with van der Waals surface area (Å²) < 4.78 is 1.05. The lowest BCUT2D eigenvalue weighted by Crippen LogP contribution is -2.31. The number of thiophene rings is 1. The van der Waals surface area contributed by atoms with Gasteiger partial charge in [-0.05, 0) is 24.8 Å². The number of carbonyl (C=O) groups excluding carboxylic acids is 1. The van der Waals surface area contributed by atoms with Gasteiger partial charge in [0.2, 0.25) is 5.91 Å². The molecule has 2 aromatic rings. The molecule has 0 bridgehead atoms. The Kier molecular flexibility index (Phi) is 4.54. The van der Waals surface area contributed by atoms with Gasteiger partial charge in [0.05, 0.1) is 15.5 Å². The molecule has 0 saturated carbocycles. The molecule has 6 heteroatoms. The van der Waals surface area contributed by atoms with Crippen molar-refractivity contribution in [1.29, 1.82) is 0 Å². The van der Waals surface area contributed by atoms with Gasteiger partial charge in [0.1, 0.15) is 11.4 Å². The molecule has 0 unspecified atom stereocenters. The van der Waals surface area contributed by atoms with Crippen LogP contribution in [0.1, 0.15) is 20.3 Å². The number of rotatable bonds is 5. The molecular weight excluding hydrogens is 266 g/mol. The Hall–Kier alpha value is -1.14. The summed E-state index contributed by atoms with van der Waals surface area (Å²) in [6.45, 7) is 4.66. The highest BCUT2D eigenvalue weighted by molar-refractivity contribution is 8.00. The molecule has 2 aromatic heterocycles. The number of fused-ring (bicyclic) bond motifs is 1. The minimum Gasteiger partial charge on any atom is -0.355 e. The lowest BCUT2D eigenvalue weighted by molar-refractivity contribution is -0.120. The van der Waals surface area contributed by atoms with Crippen LogP contribution >= 0.6 is 23.1 Å². The molecule has 0 aliphatic carbocycles. The standard InChI is InChI=1S/C12H15N3OS2/c1-3-5-13-11(16)8(2)18-12-10-9(4-6-17-10)14-7-15-12/h4,6-8H,3,5H2,1-2H3,(H,13,16)/t8-/m0/s1. The molecule has 1 atom stereocenters. The number of hydrogen-bond acceptors (Lipinski definition) is 5. The average molecular weight is 281 g/mol. The van der Waals surface area contributed by atoms with Crippen molar-refractivity contribution in [3.8, 4) is 0 Å². The summed E-state index contributed by atoms with van der Waals surface area (Å²) in [4.78, 5) is 20.3. The molecule has 0 aliphatic heterocycles. The summed E-state index contributed by atoms with van der Waals surface area (Å²) in [6.07, 6.45) is 2.50. The van der Waals surface area contributed by atoms with Crippen molar-refractivity contribution >= 4 is 39.2 Å². The molecule has 0 saturated heterocycles. The monoisotopic (exact) mass is 281 g/mol. The number of aromatic nitrogens is 2. The summed E-state index contributed by atoms with van der Waals surface area (Å²) in [7, 11) is 0. The van der Waals surface area contributed by atoms with Crippen molar-refractivity contribution < 1.29 is 4.79 Å². The lowest BCUT2D eigenvalue weighted by Gasteiger charge is -2.10. The van der Waals surface area contributed by atoms with E-state index in [1.807, 2.05) is 25.3 Å². The van der Waals surface area contributed by atoms with Crippen molar-refractivity contribution in [3.05, 3.63) is 17.8 Å². The van der Waals surface area contributed by atoms with Crippen LogP contribution in [0.25, 0.3) is 10.2 Å². The molecular formula is C12H15N3OS2. The van der Waals surface area contributed by atoms with Crippen molar-refractivity contribution in [1.82, 2.24) is 15.3 Å². The van der Waals surface area contributed by atoms with Gasteiger partial charge in [0, 0.05) is 6.54 Å². The summed E-state index contributed by atoms with van der Waals surface area (Å²) in [6, 6.07) is 1.97. The Balaban J connectivity index is 2.09. The molecule has 4 nitrogen and oxygen atoms in total. The molecule has 0 radical (unpaired) electrons. The minimum absolute atomic E-state index is 0.0603. The van der Waals surface area contributed by atoms with Gasteiger partial charge in [0.25, 0.3) is 0 Å². The molecule has 0 spiro atoms. The maximum atomic E-state index is 11.8. The molecule has 2 heterocycles. The smallest absolute Gasteiger partial charge is 0.233 e. The number of thioether (sulfide) groups is 1. The third kappa shape index (κ3) is 3.00. The number of hydrogen-bond donors (Lipinski definition) is 1. The Morgan fingerprint density at radius 3 is 3.17 bits per heavy atom. The van der Waals surface area contributed by atoms with Crippen LogP contribution in [0, 0.1) is 0 Å². The first-order valence-electron chi connectivity index (χ1n) is 5.85. The summed E-state index contributed by atoms with van der Waals surface area (Å²) in [5.41, 5.74) is 0.943. The van der Waals surface area contributed by atoms with Crippen LogP contribution in [0.2, 0.25) is 0 Å². The van der Waals surface area contributed by atoms with Gasteiger partial charge in [-0.2, -0.15) is 0 Å². The second-order valence-electron chi connectivity index (χ2n) is 3.86. The van der Waals surface area contributed by atoms with Crippen LogP contribution in [0.3, 0.4) is 0 Å². The molecule has 2 rings (SSSR count). The topological polar surface area (TPSA) is 54.9 Å². The Morgan fingerprint density at radius 1 is 1.56 bits per heavy atom. The fourth-order valence-corrected chi connectivity index (χ4v) is 3.32. The van der Waals surface area contributed by atoms with Gasteiger partial charge in [0.15, 0.2) is 0 Å². The number of carbonyl (C=O) groups is 1. The van der Waals surface area contributed by atoms with Crippen LogP contribution in [-0.2, 0) is 4.79 Å². The molecule has 1 amide bonds. The largest absolute Gasteiger partial charge is 0.355 e. The summed E-state index contributed by atoms with van der Waals surface area (Å²) in [5.74, 6) is 0.0603. The first-order valence-corrected chi connectivity index (χ1v) is 7.61. The van der Waals surface area contributed by atoms with E-state index in [0.29, 0.717) is 0 Å². The lowest BCUT2D eigenvalue weighted by atomic mass is 10.4. The van der Waals surface area contributed by atoms with E-state index in [4.69, 9.17) is 0 Å². The molecule has 0 aliphatic rings. The van der Waals surface area contributed by atoms with E-state index in [1.54, 1.807) is 17.7 Å². The Labute approximate surface area is 114 Å². The normalized spacial score (nSPS) is 12.6. The van der Waals surface area contributed by atoms with Crippen LogP contribution in [0.15, 0.2) is 22.8 Å². The molecule has 0 aromatic carbocycles. The van der Waals surface area contributed by atoms with Crippen LogP contribution in [-0.4, -0.2) is 27.7 Å². The van der Waals surface area contributed by atoms with Crippen molar-refractivity contribution in [2.45, 2.75) is 30.5 Å². The van der Waals surface area contributed by atoms with Crippen molar-refractivity contribution in [2.75, 3.05) is 6.54 Å². The quantitative estimate of drug-likeness (QED) is 0.676. The zero-order valence-electron chi connectivity index (χ0n) is 10.3. The zero-order chi connectivity index (χ0) is 13.0. The number of amides is 1. The second-order valence-corrected chi connectivity index (χ2v) is 6.11. The number of nitrogens with one attached hydrogen (secondary N) is 1. The Morgan fingerprint density at radius 2 is 2.39 bits per heavy atom. The maximum absolute atomic E-state index is 11.8. The fourth-order valence-electron chi connectivity index (χ4n) is 1.46. The molecule has 1 N–H and O–H groups in total. The molecule has 18 heavy (non-hydrogen) atoms. The van der Waals surface area contributed by atoms with Gasteiger partial charge in [-0.1, -0.05) is 18.7 Å². The zero-order valence-corrected chi connectivity index (χ0v) is 12.0. The average Bonchev–Trinajstić information content (AvgIpc) is 2.85. The van der Waals surface area contributed by atoms with E-state index < -0.39 is 0 Å². The van der Waals surface area contributed by atoms with Gasteiger partial charge >= 0.3 is 0 Å². The van der Waals surface area contributed by atoms with E-state index in [1.165, 1.54) is 11.8 Å². The summed E-state index contributed by atoms with van der Waals surface area (Å²) in [5, 5.41) is 5.63. The van der Waals surface area contributed by atoms with E-state index in [0.717, 1.165) is 28.2 Å². The van der Waals surface area contributed by atoms with Crippen molar-refractivity contribution in [3.63, 3.8) is 0 Å². The van der Waals surface area contributed by atoms with Crippen LogP contribution in [0.5, 0.6) is 0 Å². The maximum Gasteiger partial charge on any atom is 0.233 e. The highest BCUT2D eigenvalue weighted by atomic mass is 32.2. The third-order valence-electron chi connectivity index (χ3n) is 2.42. The van der Waals surface area contributed by atoms with E-state index in [9.17, 15) is 4.79 Å². The van der Waals surface area contributed by atoms with Crippen molar-refractivity contribution in [2.24, 2.45) is 0 Å². The summed E-state index contributed by atoms with van der Waals surface area (Å²) >= 11 is 3.09. The predicted molar refractivity (Wildman–Crippen MR) is 76.0 cm³/mol. The third-order valence-corrected chi connectivity index (χ3v) is 4.56. The second kappa shape index (κ2) is 6.15. The first-order chi connectivity index (χ1) is 8.72. The predicted octanol–water partition coefficient (Wildman–Crippen LogP) is 2.70. The van der Waals surface area contributed by atoms with E-state index >= 15 is 0 Å². The van der Waals surface area contributed by atoms with Gasteiger partial charge in [-0.3, -0.25) is 4.79 Å². The highest BCUT2D eigenvalue weighted by Gasteiger charge is 2.16.